The van der Waals surface area contributed by atoms with Crippen molar-refractivity contribution in [2.45, 2.75) is 53.2 Å². The van der Waals surface area contributed by atoms with E-state index < -0.39 is 0 Å². The van der Waals surface area contributed by atoms with Crippen molar-refractivity contribution in [3.63, 3.8) is 0 Å². The second-order valence-corrected chi connectivity index (χ2v) is 6.64. The van der Waals surface area contributed by atoms with E-state index in [9.17, 15) is 0 Å². The molecule has 2 heteroatoms. The van der Waals surface area contributed by atoms with Gasteiger partial charge >= 0.3 is 0 Å². The minimum atomic E-state index is 0.144. The van der Waals surface area contributed by atoms with E-state index in [1.165, 1.54) is 5.56 Å². The van der Waals surface area contributed by atoms with Gasteiger partial charge in [0.2, 0.25) is 0 Å². The summed E-state index contributed by atoms with van der Waals surface area (Å²) in [5.74, 6) is 0. The molecule has 1 aromatic carbocycles. The lowest BCUT2D eigenvalue weighted by atomic mass is 9.93. The number of hydrogen-bond donors (Lipinski definition) is 1. The smallest absolute Gasteiger partial charge is 0.0949 e. The summed E-state index contributed by atoms with van der Waals surface area (Å²) in [5.41, 5.74) is 1.58. The van der Waals surface area contributed by atoms with E-state index in [0.717, 1.165) is 19.6 Å². The molecule has 0 aliphatic heterocycles. The molecule has 1 aromatic rings. The van der Waals surface area contributed by atoms with Gasteiger partial charge in [0.05, 0.1) is 6.10 Å². The van der Waals surface area contributed by atoms with Crippen LogP contribution in [0.25, 0.3) is 0 Å². The van der Waals surface area contributed by atoms with E-state index in [4.69, 9.17) is 4.74 Å². The fourth-order valence-electron chi connectivity index (χ4n) is 1.79. The molecule has 1 unspecified atom stereocenters. The summed E-state index contributed by atoms with van der Waals surface area (Å²) in [5, 5.41) is 3.47. The van der Waals surface area contributed by atoms with E-state index >= 15 is 0 Å². The topological polar surface area (TPSA) is 21.3 Å². The number of nitrogens with one attached hydrogen (secondary N) is 1. The van der Waals surface area contributed by atoms with Gasteiger partial charge in [-0.25, -0.2) is 0 Å². The van der Waals surface area contributed by atoms with E-state index in [1.54, 1.807) is 0 Å². The monoisotopic (exact) mass is 263 g/mol. The number of benzene rings is 1. The predicted molar refractivity (Wildman–Crippen MR) is 82.3 cm³/mol. The third kappa shape index (κ3) is 7.34. The summed E-state index contributed by atoms with van der Waals surface area (Å²) in [6.45, 7) is 12.8. The van der Waals surface area contributed by atoms with Crippen LogP contribution in [0.5, 0.6) is 0 Å². The first kappa shape index (κ1) is 16.2. The molecule has 0 saturated heterocycles. The molecule has 0 saturated carbocycles. The Labute approximate surface area is 118 Å². The maximum absolute atomic E-state index is 6.09. The van der Waals surface area contributed by atoms with Crippen LogP contribution in [0.3, 0.4) is 0 Å². The van der Waals surface area contributed by atoms with Crippen molar-refractivity contribution in [3.8, 4) is 0 Å². The van der Waals surface area contributed by atoms with Crippen LogP contribution in [-0.2, 0) is 4.74 Å². The highest BCUT2D eigenvalue weighted by molar-refractivity contribution is 5.17. The summed E-state index contributed by atoms with van der Waals surface area (Å²) in [6.07, 6.45) is 1.23. The third-order valence-electron chi connectivity index (χ3n) is 3.05. The lowest BCUT2D eigenvalue weighted by molar-refractivity contribution is 0.0359. The van der Waals surface area contributed by atoms with Crippen LogP contribution < -0.4 is 5.32 Å². The SMILES string of the molecule is CC(C)NCC(OCCC(C)(C)C)c1ccccc1. The molecule has 19 heavy (non-hydrogen) atoms. The zero-order valence-corrected chi connectivity index (χ0v) is 13.1. The van der Waals surface area contributed by atoms with Gasteiger partial charge in [-0.2, -0.15) is 0 Å². The zero-order chi connectivity index (χ0) is 14.3. The fourth-order valence-corrected chi connectivity index (χ4v) is 1.79. The van der Waals surface area contributed by atoms with Crippen molar-refractivity contribution in [1.82, 2.24) is 5.32 Å². The van der Waals surface area contributed by atoms with Gasteiger partial charge in [-0.1, -0.05) is 65.0 Å². The van der Waals surface area contributed by atoms with E-state index in [0.29, 0.717) is 11.5 Å². The van der Waals surface area contributed by atoms with Crippen LogP contribution in [0.4, 0.5) is 0 Å². The molecule has 0 aliphatic carbocycles. The molecule has 0 radical (unpaired) electrons. The average Bonchev–Trinajstić information content (AvgIpc) is 2.33. The average molecular weight is 263 g/mol. The van der Waals surface area contributed by atoms with E-state index in [-0.39, 0.29) is 6.10 Å². The second kappa shape index (κ2) is 7.66. The highest BCUT2D eigenvalue weighted by Crippen LogP contribution is 2.22. The first-order chi connectivity index (χ1) is 8.88. The van der Waals surface area contributed by atoms with Crippen LogP contribution in [0.1, 0.15) is 52.7 Å². The number of hydrogen-bond acceptors (Lipinski definition) is 2. The van der Waals surface area contributed by atoms with Gasteiger partial charge in [-0.15, -0.1) is 0 Å². The Bertz CT molecular complexity index is 340. The lowest BCUT2D eigenvalue weighted by Gasteiger charge is -2.23. The van der Waals surface area contributed by atoms with Crippen molar-refractivity contribution in [3.05, 3.63) is 35.9 Å². The Balaban J connectivity index is 2.55. The Morgan fingerprint density at radius 2 is 1.74 bits per heavy atom. The van der Waals surface area contributed by atoms with Crippen molar-refractivity contribution in [1.29, 1.82) is 0 Å². The standard InChI is InChI=1S/C17H29NO/c1-14(2)18-13-16(15-9-7-6-8-10-15)19-12-11-17(3,4)5/h6-10,14,16,18H,11-13H2,1-5H3. The van der Waals surface area contributed by atoms with E-state index in [1.807, 2.05) is 6.07 Å². The predicted octanol–water partition coefficient (Wildman–Crippen LogP) is 4.18. The molecule has 1 rings (SSSR count). The largest absolute Gasteiger partial charge is 0.372 e. The van der Waals surface area contributed by atoms with Crippen LogP contribution in [0.15, 0.2) is 30.3 Å². The third-order valence-corrected chi connectivity index (χ3v) is 3.05. The summed E-state index contributed by atoms with van der Waals surface area (Å²) >= 11 is 0. The molecule has 0 bridgehead atoms. The fraction of sp³-hybridized carbons (Fsp3) is 0.647. The van der Waals surface area contributed by atoms with Crippen LogP contribution in [-0.4, -0.2) is 19.2 Å². The number of rotatable bonds is 7. The molecule has 0 fully saturated rings. The number of ether oxygens (including phenoxy) is 1. The molecule has 1 atom stereocenters. The molecule has 2 nitrogen and oxygen atoms in total. The zero-order valence-electron chi connectivity index (χ0n) is 13.1. The van der Waals surface area contributed by atoms with Crippen LogP contribution >= 0.6 is 0 Å². The molecule has 0 spiro atoms. The molecule has 0 amide bonds. The summed E-state index contributed by atoms with van der Waals surface area (Å²) in [6, 6.07) is 11.0. The van der Waals surface area contributed by atoms with Gasteiger partial charge in [-0.3, -0.25) is 0 Å². The Kier molecular flexibility index (Phi) is 6.53. The molecule has 108 valence electrons. The summed E-state index contributed by atoms with van der Waals surface area (Å²) < 4.78 is 6.09. The maximum Gasteiger partial charge on any atom is 0.0949 e. The maximum atomic E-state index is 6.09. The summed E-state index contributed by atoms with van der Waals surface area (Å²) in [7, 11) is 0. The minimum absolute atomic E-state index is 0.144. The van der Waals surface area contributed by atoms with Crippen LogP contribution in [0.2, 0.25) is 0 Å². The molecule has 1 N–H and O–H groups in total. The first-order valence-corrected chi connectivity index (χ1v) is 7.28. The van der Waals surface area contributed by atoms with Gasteiger partial charge in [0.15, 0.2) is 0 Å². The van der Waals surface area contributed by atoms with Crippen LogP contribution in [0, 0.1) is 5.41 Å². The molecular weight excluding hydrogens is 234 g/mol. The molecule has 0 aliphatic rings. The molecule has 0 heterocycles. The van der Waals surface area contributed by atoms with Crippen molar-refractivity contribution in [2.75, 3.05) is 13.2 Å². The first-order valence-electron chi connectivity index (χ1n) is 7.28. The minimum Gasteiger partial charge on any atom is -0.372 e. The second-order valence-electron chi connectivity index (χ2n) is 6.64. The van der Waals surface area contributed by atoms with Gasteiger partial charge < -0.3 is 10.1 Å². The van der Waals surface area contributed by atoms with Crippen molar-refractivity contribution < 1.29 is 4.74 Å². The molecule has 0 aromatic heterocycles. The summed E-state index contributed by atoms with van der Waals surface area (Å²) in [4.78, 5) is 0. The van der Waals surface area contributed by atoms with Gasteiger partial charge in [0, 0.05) is 19.2 Å². The normalized spacial score (nSPS) is 13.8. The highest BCUT2D eigenvalue weighted by Gasteiger charge is 2.15. The highest BCUT2D eigenvalue weighted by atomic mass is 16.5. The van der Waals surface area contributed by atoms with Gasteiger partial charge in [0.25, 0.3) is 0 Å². The Morgan fingerprint density at radius 1 is 1.11 bits per heavy atom. The molecular formula is C17H29NO. The van der Waals surface area contributed by atoms with Gasteiger partial charge in [-0.05, 0) is 17.4 Å². The van der Waals surface area contributed by atoms with Crippen molar-refractivity contribution >= 4 is 0 Å². The lowest BCUT2D eigenvalue weighted by Crippen LogP contribution is -2.29. The Hall–Kier alpha value is -0.860. The Morgan fingerprint density at radius 3 is 2.26 bits per heavy atom. The quantitative estimate of drug-likeness (QED) is 0.797. The van der Waals surface area contributed by atoms with Gasteiger partial charge in [0.1, 0.15) is 0 Å². The van der Waals surface area contributed by atoms with E-state index in [2.05, 4.69) is 64.2 Å². The van der Waals surface area contributed by atoms with Crippen molar-refractivity contribution in [2.24, 2.45) is 5.41 Å².